The second-order valence-electron chi connectivity index (χ2n) is 4.81. The van der Waals surface area contributed by atoms with E-state index in [0.29, 0.717) is 39.7 Å². The maximum Gasteiger partial charge on any atom is 0.258 e. The van der Waals surface area contributed by atoms with Crippen LogP contribution in [0.1, 0.15) is 33.4 Å². The molecule has 1 amide bonds. The summed E-state index contributed by atoms with van der Waals surface area (Å²) in [5, 5.41) is 7.25. The standard InChI is InChI=1S/C14H14N4O3/c1-7-4-10(12-9(3)18-21-14(12)17-7)13(19)16-6-11-15-5-8(2)20-11/h4-5H,6H2,1-3H3,(H,16,19). The summed E-state index contributed by atoms with van der Waals surface area (Å²) < 4.78 is 10.4. The molecule has 3 aromatic heterocycles. The van der Waals surface area contributed by atoms with Crippen molar-refractivity contribution in [2.45, 2.75) is 27.3 Å². The summed E-state index contributed by atoms with van der Waals surface area (Å²) in [6, 6.07) is 1.71. The van der Waals surface area contributed by atoms with Gasteiger partial charge in [-0.25, -0.2) is 9.97 Å². The van der Waals surface area contributed by atoms with Crippen molar-refractivity contribution >= 4 is 17.0 Å². The first kappa shape index (κ1) is 13.3. The molecule has 0 atom stereocenters. The summed E-state index contributed by atoms with van der Waals surface area (Å²) in [6.07, 6.45) is 1.61. The number of amides is 1. The van der Waals surface area contributed by atoms with E-state index >= 15 is 0 Å². The highest BCUT2D eigenvalue weighted by atomic mass is 16.5. The number of carbonyl (C=O) groups is 1. The van der Waals surface area contributed by atoms with E-state index in [1.807, 2.05) is 0 Å². The van der Waals surface area contributed by atoms with Gasteiger partial charge in [0, 0.05) is 5.69 Å². The fourth-order valence-corrected chi connectivity index (χ4v) is 2.13. The summed E-state index contributed by atoms with van der Waals surface area (Å²) in [6.45, 7) is 5.59. The molecule has 0 bridgehead atoms. The van der Waals surface area contributed by atoms with Crippen LogP contribution in [0.2, 0.25) is 0 Å². The van der Waals surface area contributed by atoms with Crippen molar-refractivity contribution in [2.24, 2.45) is 0 Å². The Labute approximate surface area is 120 Å². The molecule has 0 radical (unpaired) electrons. The number of aryl methyl sites for hydroxylation is 3. The van der Waals surface area contributed by atoms with Crippen molar-refractivity contribution in [1.29, 1.82) is 0 Å². The third-order valence-corrected chi connectivity index (χ3v) is 3.06. The second kappa shape index (κ2) is 5.01. The summed E-state index contributed by atoms with van der Waals surface area (Å²) in [5.74, 6) is 0.925. The molecule has 1 N–H and O–H groups in total. The van der Waals surface area contributed by atoms with Gasteiger partial charge in [-0.15, -0.1) is 0 Å². The molecule has 7 heteroatoms. The molecule has 0 aliphatic carbocycles. The fourth-order valence-electron chi connectivity index (χ4n) is 2.13. The third kappa shape index (κ3) is 2.49. The van der Waals surface area contributed by atoms with Gasteiger partial charge in [0.2, 0.25) is 5.89 Å². The van der Waals surface area contributed by atoms with E-state index in [4.69, 9.17) is 8.94 Å². The van der Waals surface area contributed by atoms with Gasteiger partial charge in [-0.1, -0.05) is 5.16 Å². The van der Waals surface area contributed by atoms with E-state index in [9.17, 15) is 4.79 Å². The lowest BCUT2D eigenvalue weighted by molar-refractivity contribution is 0.0948. The second-order valence-corrected chi connectivity index (χ2v) is 4.81. The first-order chi connectivity index (χ1) is 10.0. The van der Waals surface area contributed by atoms with Gasteiger partial charge in [0.1, 0.15) is 5.76 Å². The molecule has 3 aromatic rings. The first-order valence-electron chi connectivity index (χ1n) is 6.47. The van der Waals surface area contributed by atoms with Crippen molar-refractivity contribution < 1.29 is 13.7 Å². The van der Waals surface area contributed by atoms with Gasteiger partial charge in [-0.05, 0) is 26.8 Å². The SMILES string of the molecule is Cc1cc(C(=O)NCc2ncc(C)o2)c2c(C)noc2n1. The molecular formula is C14H14N4O3. The number of aromatic nitrogens is 3. The van der Waals surface area contributed by atoms with E-state index < -0.39 is 0 Å². The Morgan fingerprint density at radius 1 is 1.33 bits per heavy atom. The van der Waals surface area contributed by atoms with Crippen molar-refractivity contribution in [2.75, 3.05) is 0 Å². The molecule has 0 spiro atoms. The lowest BCUT2D eigenvalue weighted by Crippen LogP contribution is -2.23. The lowest BCUT2D eigenvalue weighted by atomic mass is 10.1. The molecule has 3 rings (SSSR count). The number of hydrogen-bond donors (Lipinski definition) is 1. The van der Waals surface area contributed by atoms with Gasteiger partial charge >= 0.3 is 0 Å². The highest BCUT2D eigenvalue weighted by Gasteiger charge is 2.18. The van der Waals surface area contributed by atoms with Gasteiger partial charge in [-0.3, -0.25) is 4.79 Å². The van der Waals surface area contributed by atoms with E-state index in [1.165, 1.54) is 0 Å². The quantitative estimate of drug-likeness (QED) is 0.792. The zero-order valence-electron chi connectivity index (χ0n) is 11.9. The predicted octanol–water partition coefficient (Wildman–Crippen LogP) is 2.07. The number of carbonyl (C=O) groups excluding carboxylic acids is 1. The number of rotatable bonds is 3. The average Bonchev–Trinajstić information content (AvgIpc) is 3.02. The van der Waals surface area contributed by atoms with Crippen molar-refractivity contribution in [3.8, 4) is 0 Å². The maximum absolute atomic E-state index is 12.4. The van der Waals surface area contributed by atoms with Crippen LogP contribution in [0.4, 0.5) is 0 Å². The minimum Gasteiger partial charge on any atom is -0.444 e. The van der Waals surface area contributed by atoms with Crippen molar-refractivity contribution in [1.82, 2.24) is 20.4 Å². The van der Waals surface area contributed by atoms with Gasteiger partial charge < -0.3 is 14.3 Å². The molecule has 21 heavy (non-hydrogen) atoms. The molecule has 7 nitrogen and oxygen atoms in total. The van der Waals surface area contributed by atoms with Crippen LogP contribution < -0.4 is 5.32 Å². The Kier molecular flexibility index (Phi) is 3.17. The van der Waals surface area contributed by atoms with E-state index in [0.717, 1.165) is 0 Å². The number of oxazole rings is 1. The Morgan fingerprint density at radius 3 is 2.86 bits per heavy atom. The number of nitrogens with one attached hydrogen (secondary N) is 1. The zero-order valence-corrected chi connectivity index (χ0v) is 11.9. The van der Waals surface area contributed by atoms with Crippen LogP contribution >= 0.6 is 0 Å². The number of nitrogens with zero attached hydrogens (tertiary/aromatic N) is 3. The number of fused-ring (bicyclic) bond motifs is 1. The van der Waals surface area contributed by atoms with Crippen LogP contribution in [0.15, 0.2) is 21.2 Å². The smallest absolute Gasteiger partial charge is 0.258 e. The van der Waals surface area contributed by atoms with Crippen molar-refractivity contribution in [3.05, 3.63) is 40.9 Å². The third-order valence-electron chi connectivity index (χ3n) is 3.06. The molecule has 0 aromatic carbocycles. The van der Waals surface area contributed by atoms with E-state index in [2.05, 4.69) is 20.4 Å². The maximum atomic E-state index is 12.4. The number of hydrogen-bond acceptors (Lipinski definition) is 6. The largest absolute Gasteiger partial charge is 0.444 e. The predicted molar refractivity (Wildman–Crippen MR) is 73.7 cm³/mol. The Hall–Kier alpha value is -2.70. The molecule has 0 aliphatic heterocycles. The Bertz CT molecular complexity index is 819. The molecule has 3 heterocycles. The number of pyridine rings is 1. The Balaban J connectivity index is 1.88. The fraction of sp³-hybridized carbons (Fsp3) is 0.286. The topological polar surface area (TPSA) is 94.1 Å². The van der Waals surface area contributed by atoms with Gasteiger partial charge in [0.25, 0.3) is 11.6 Å². The van der Waals surface area contributed by atoms with Crippen LogP contribution in [0.3, 0.4) is 0 Å². The normalized spacial score (nSPS) is 11.0. The van der Waals surface area contributed by atoms with Crippen LogP contribution in [0.25, 0.3) is 11.1 Å². The summed E-state index contributed by atoms with van der Waals surface area (Å²) in [5.41, 5.74) is 2.18. The minimum atomic E-state index is -0.243. The molecule has 0 saturated heterocycles. The van der Waals surface area contributed by atoms with Crippen LogP contribution in [-0.2, 0) is 6.54 Å². The van der Waals surface area contributed by atoms with Gasteiger partial charge in [0.15, 0.2) is 0 Å². The molecule has 108 valence electrons. The molecular weight excluding hydrogens is 272 g/mol. The molecule has 0 saturated carbocycles. The van der Waals surface area contributed by atoms with Gasteiger partial charge in [-0.2, -0.15) is 0 Å². The molecule has 0 fully saturated rings. The highest BCUT2D eigenvalue weighted by Crippen LogP contribution is 2.21. The zero-order chi connectivity index (χ0) is 15.0. The van der Waals surface area contributed by atoms with Crippen LogP contribution in [0.5, 0.6) is 0 Å². The Morgan fingerprint density at radius 2 is 2.14 bits per heavy atom. The van der Waals surface area contributed by atoms with E-state index in [1.54, 1.807) is 33.0 Å². The van der Waals surface area contributed by atoms with Crippen LogP contribution in [-0.4, -0.2) is 21.0 Å². The lowest BCUT2D eigenvalue weighted by Gasteiger charge is -2.05. The molecule has 0 unspecified atom stereocenters. The van der Waals surface area contributed by atoms with Gasteiger partial charge in [0.05, 0.1) is 29.4 Å². The monoisotopic (exact) mass is 286 g/mol. The highest BCUT2D eigenvalue weighted by molar-refractivity contribution is 6.05. The minimum absolute atomic E-state index is 0.222. The van der Waals surface area contributed by atoms with E-state index in [-0.39, 0.29) is 12.5 Å². The van der Waals surface area contributed by atoms with Crippen LogP contribution in [0, 0.1) is 20.8 Å². The molecule has 0 aliphatic rings. The summed E-state index contributed by atoms with van der Waals surface area (Å²) in [7, 11) is 0. The summed E-state index contributed by atoms with van der Waals surface area (Å²) >= 11 is 0. The van der Waals surface area contributed by atoms with Crippen molar-refractivity contribution in [3.63, 3.8) is 0 Å². The first-order valence-corrected chi connectivity index (χ1v) is 6.47. The average molecular weight is 286 g/mol. The summed E-state index contributed by atoms with van der Waals surface area (Å²) in [4.78, 5) is 20.6.